The minimum Gasteiger partial charge on any atom is -0.504 e. The first kappa shape index (κ1) is 33.9. The normalized spacial score (nSPS) is 12.5. The summed E-state index contributed by atoms with van der Waals surface area (Å²) >= 11 is 0. The highest BCUT2D eigenvalue weighted by molar-refractivity contribution is 7.86. The van der Waals surface area contributed by atoms with E-state index in [4.69, 9.17) is 11.5 Å². The molecule has 0 heterocycles. The molecule has 6 rings (SSSR count). The lowest BCUT2D eigenvalue weighted by Crippen LogP contribution is -2.02. The maximum Gasteiger partial charge on any atom is 0.298 e. The second-order valence-corrected chi connectivity index (χ2v) is 14.0. The molecule has 0 aromatic heterocycles. The van der Waals surface area contributed by atoms with Gasteiger partial charge in [0.15, 0.2) is 22.9 Å². The number of nitrogens with zero attached hydrogens (tertiary/aromatic N) is 4. The minimum atomic E-state index is -4.84. The predicted molar refractivity (Wildman–Crippen MR) is 189 cm³/mol. The van der Waals surface area contributed by atoms with Crippen LogP contribution in [0, 0.1) is 13.8 Å². The molecule has 0 atom stereocenters. The third-order valence-electron chi connectivity index (χ3n) is 8.07. The number of hydrogen-bond donors (Lipinski definition) is 6. The molecule has 0 aliphatic rings. The van der Waals surface area contributed by atoms with Crippen LogP contribution in [0.4, 0.5) is 34.1 Å². The van der Waals surface area contributed by atoms with Gasteiger partial charge in [0.2, 0.25) is 0 Å². The van der Waals surface area contributed by atoms with E-state index in [0.717, 1.165) is 11.1 Å². The van der Waals surface area contributed by atoms with E-state index >= 15 is 0 Å². The molecule has 0 saturated carbocycles. The Morgan fingerprint density at radius 3 is 1.18 bits per heavy atom. The lowest BCUT2D eigenvalue weighted by atomic mass is 10.0. The van der Waals surface area contributed by atoms with Gasteiger partial charge in [-0.05, 0) is 60.4 Å². The number of hydrogen-bond acceptors (Lipinski definition) is 12. The highest BCUT2D eigenvalue weighted by Crippen LogP contribution is 2.47. The quantitative estimate of drug-likeness (QED) is 0.0526. The Bertz CT molecular complexity index is 2490. The number of benzene rings is 6. The number of aromatic hydroxyl groups is 2. The zero-order chi connectivity index (χ0) is 36.1. The summed E-state index contributed by atoms with van der Waals surface area (Å²) < 4.78 is 68.1. The van der Waals surface area contributed by atoms with E-state index in [9.17, 15) is 36.2 Å². The van der Waals surface area contributed by atoms with Crippen LogP contribution in [0.3, 0.4) is 0 Å². The van der Waals surface area contributed by atoms with Crippen molar-refractivity contribution in [3.63, 3.8) is 0 Å². The van der Waals surface area contributed by atoms with Crippen LogP contribution in [0.15, 0.2) is 115 Å². The number of rotatable bonds is 7. The van der Waals surface area contributed by atoms with Crippen LogP contribution in [-0.4, -0.2) is 36.2 Å². The molecule has 0 amide bonds. The van der Waals surface area contributed by atoms with Gasteiger partial charge < -0.3 is 21.7 Å². The van der Waals surface area contributed by atoms with E-state index in [1.807, 2.05) is 12.1 Å². The molecule has 0 aliphatic heterocycles. The smallest absolute Gasteiger partial charge is 0.298 e. The number of nitrogens with two attached hydrogens (primary N) is 2. The van der Waals surface area contributed by atoms with Crippen molar-refractivity contribution in [1.29, 1.82) is 0 Å². The van der Waals surface area contributed by atoms with E-state index in [1.165, 1.54) is 24.3 Å². The van der Waals surface area contributed by atoms with Gasteiger partial charge in [-0.15, -0.1) is 10.2 Å². The van der Waals surface area contributed by atoms with E-state index in [1.54, 1.807) is 62.4 Å². The highest BCUT2D eigenvalue weighted by Gasteiger charge is 2.27. The second-order valence-electron chi connectivity index (χ2n) is 11.3. The SMILES string of the molecule is Cc1cc(-c2ccc(N=Nc3c(O)c(S(=O)(=O)O)c4ccccc4c3N)c(C)c2)ccc1N=Nc1c(O)c(S(=O)(=O)O)c2ccccc2c1N. The predicted octanol–water partition coefficient (Wildman–Crippen LogP) is 8.18. The van der Waals surface area contributed by atoms with Crippen LogP contribution >= 0.6 is 0 Å². The summed E-state index contributed by atoms with van der Waals surface area (Å²) in [6.07, 6.45) is 0. The molecule has 6 aromatic rings. The van der Waals surface area contributed by atoms with Gasteiger partial charge in [-0.2, -0.15) is 27.1 Å². The van der Waals surface area contributed by atoms with E-state index in [2.05, 4.69) is 20.5 Å². The van der Waals surface area contributed by atoms with Gasteiger partial charge >= 0.3 is 0 Å². The standard InChI is InChI=1S/C34H28N6O8S2/c1-17-15-19(11-13-25(17)37-39-29-27(35)21-7-3-5-9-23(21)33(31(29)41)49(43,44)45)20-12-14-26(18(2)16-20)38-40-30-28(36)22-8-4-6-10-24(22)34(32(30)42)50(46,47)48/h3-16,41-42H,35-36H2,1-2H3,(H,43,44,45)(H,46,47,48). The van der Waals surface area contributed by atoms with Gasteiger partial charge in [0, 0.05) is 21.5 Å². The fourth-order valence-corrected chi connectivity index (χ4v) is 7.23. The van der Waals surface area contributed by atoms with Crippen molar-refractivity contribution >= 4 is 75.9 Å². The summed E-state index contributed by atoms with van der Waals surface area (Å²) in [6, 6.07) is 22.8. The first-order valence-electron chi connectivity index (χ1n) is 14.6. The first-order chi connectivity index (χ1) is 23.6. The first-order valence-corrected chi connectivity index (χ1v) is 17.5. The molecule has 0 bridgehead atoms. The molecular formula is C34H28N6O8S2. The summed E-state index contributed by atoms with van der Waals surface area (Å²) in [7, 11) is -9.68. The Morgan fingerprint density at radius 2 is 0.860 bits per heavy atom. The summed E-state index contributed by atoms with van der Waals surface area (Å²) in [4.78, 5) is -1.44. The summed E-state index contributed by atoms with van der Waals surface area (Å²) in [5, 5.41) is 38.7. The molecule has 16 heteroatoms. The highest BCUT2D eigenvalue weighted by atomic mass is 32.2. The number of fused-ring (bicyclic) bond motifs is 2. The third kappa shape index (κ3) is 6.07. The summed E-state index contributed by atoms with van der Waals surface area (Å²) in [5.41, 5.74) is 15.5. The van der Waals surface area contributed by atoms with Crippen molar-refractivity contribution in [2.45, 2.75) is 23.6 Å². The van der Waals surface area contributed by atoms with Gasteiger partial charge in [-0.3, -0.25) is 9.11 Å². The monoisotopic (exact) mass is 712 g/mol. The molecule has 0 unspecified atom stereocenters. The molecule has 0 fully saturated rings. The van der Waals surface area contributed by atoms with Crippen molar-refractivity contribution in [3.8, 4) is 22.6 Å². The number of aryl methyl sites for hydroxylation is 2. The molecule has 50 heavy (non-hydrogen) atoms. The Kier molecular flexibility index (Phi) is 8.49. The number of azo groups is 2. The van der Waals surface area contributed by atoms with Crippen LogP contribution in [0.2, 0.25) is 0 Å². The van der Waals surface area contributed by atoms with E-state index in [-0.39, 0.29) is 44.3 Å². The van der Waals surface area contributed by atoms with Gasteiger partial charge in [0.05, 0.1) is 22.7 Å². The largest absolute Gasteiger partial charge is 0.504 e. The molecule has 6 aromatic carbocycles. The Hall–Kier alpha value is -5.94. The number of nitrogen functional groups attached to an aromatic ring is 2. The molecule has 0 aliphatic carbocycles. The maximum atomic E-state index is 12.1. The van der Waals surface area contributed by atoms with Crippen molar-refractivity contribution in [2.75, 3.05) is 11.5 Å². The van der Waals surface area contributed by atoms with Gasteiger partial charge in [-0.1, -0.05) is 60.7 Å². The van der Waals surface area contributed by atoms with Crippen molar-refractivity contribution < 1.29 is 36.2 Å². The zero-order valence-corrected chi connectivity index (χ0v) is 27.9. The van der Waals surface area contributed by atoms with Gasteiger partial charge in [0.1, 0.15) is 9.79 Å². The Balaban J connectivity index is 1.31. The van der Waals surface area contributed by atoms with Crippen molar-refractivity contribution in [1.82, 2.24) is 0 Å². The summed E-state index contributed by atoms with van der Waals surface area (Å²) in [6.45, 7) is 3.56. The van der Waals surface area contributed by atoms with Gasteiger partial charge in [0.25, 0.3) is 20.2 Å². The van der Waals surface area contributed by atoms with Crippen LogP contribution in [-0.2, 0) is 20.2 Å². The van der Waals surface area contributed by atoms with Crippen LogP contribution in [0.5, 0.6) is 11.5 Å². The molecule has 14 nitrogen and oxygen atoms in total. The summed E-state index contributed by atoms with van der Waals surface area (Å²) in [5.74, 6) is -1.65. The van der Waals surface area contributed by atoms with Crippen LogP contribution in [0.25, 0.3) is 32.7 Å². The molecule has 0 radical (unpaired) electrons. The topological polar surface area (TPSA) is 251 Å². The Labute approximate surface area is 285 Å². The molecule has 254 valence electrons. The van der Waals surface area contributed by atoms with Crippen molar-refractivity contribution in [3.05, 3.63) is 96.1 Å². The Morgan fingerprint density at radius 1 is 0.520 bits per heavy atom. The number of phenols is 2. The lowest BCUT2D eigenvalue weighted by Gasteiger charge is -2.12. The maximum absolute atomic E-state index is 12.1. The average molecular weight is 713 g/mol. The van der Waals surface area contributed by atoms with E-state index in [0.29, 0.717) is 22.5 Å². The minimum absolute atomic E-state index is 0.0198. The number of phenolic OH excluding ortho intramolecular Hbond substituents is 2. The van der Waals surface area contributed by atoms with E-state index < -0.39 is 41.5 Å². The zero-order valence-electron chi connectivity index (χ0n) is 26.3. The molecule has 0 spiro atoms. The van der Waals surface area contributed by atoms with Crippen molar-refractivity contribution in [2.24, 2.45) is 20.5 Å². The van der Waals surface area contributed by atoms with Crippen LogP contribution in [0.1, 0.15) is 11.1 Å². The third-order valence-corrected chi connectivity index (χ3v) is 9.93. The average Bonchev–Trinajstić information content (AvgIpc) is 3.04. The molecule has 8 N–H and O–H groups in total. The van der Waals surface area contributed by atoms with Crippen LogP contribution < -0.4 is 11.5 Å². The molecular weight excluding hydrogens is 685 g/mol. The molecule has 0 saturated heterocycles. The lowest BCUT2D eigenvalue weighted by molar-refractivity contribution is 0.444. The second kappa shape index (κ2) is 12.5. The fourth-order valence-electron chi connectivity index (χ4n) is 5.64. The fraction of sp³-hybridized carbons (Fsp3) is 0.0588. The number of anilines is 2. The van der Waals surface area contributed by atoms with Gasteiger partial charge in [-0.25, -0.2) is 0 Å².